The predicted molar refractivity (Wildman–Crippen MR) is 111 cm³/mol. The van der Waals surface area contributed by atoms with Crippen LogP contribution >= 0.6 is 11.8 Å². The third kappa shape index (κ3) is 6.51. The van der Waals surface area contributed by atoms with Gasteiger partial charge in [0.1, 0.15) is 6.54 Å². The normalized spacial score (nSPS) is 14.9. The van der Waals surface area contributed by atoms with Crippen molar-refractivity contribution in [2.45, 2.75) is 25.7 Å². The van der Waals surface area contributed by atoms with Crippen LogP contribution in [-0.2, 0) is 14.4 Å². The van der Waals surface area contributed by atoms with Crippen molar-refractivity contribution in [2.24, 2.45) is 0 Å². The summed E-state index contributed by atoms with van der Waals surface area (Å²) in [6.45, 7) is -0.000772. The number of hydrogen-bond acceptors (Lipinski definition) is 7. The average molecular weight is 436 g/mol. The fraction of sp³-hybridized carbons (Fsp3) is 0.400. The first-order valence-electron chi connectivity index (χ1n) is 9.31. The van der Waals surface area contributed by atoms with Gasteiger partial charge in [-0.3, -0.25) is 24.1 Å². The van der Waals surface area contributed by atoms with Gasteiger partial charge in [0.25, 0.3) is 11.1 Å². The zero-order chi connectivity index (χ0) is 22.1. The summed E-state index contributed by atoms with van der Waals surface area (Å²) in [4.78, 5) is 48.3. The molecule has 0 spiro atoms. The van der Waals surface area contributed by atoms with Gasteiger partial charge in [0, 0.05) is 13.0 Å². The largest absolute Gasteiger partial charge is 0.493 e. The van der Waals surface area contributed by atoms with Crippen LogP contribution in [0.2, 0.25) is 0 Å². The van der Waals surface area contributed by atoms with E-state index in [0.717, 1.165) is 16.7 Å². The van der Waals surface area contributed by atoms with Crippen LogP contribution in [0.3, 0.4) is 0 Å². The van der Waals surface area contributed by atoms with E-state index >= 15 is 0 Å². The molecular weight excluding hydrogens is 412 g/mol. The van der Waals surface area contributed by atoms with E-state index in [0.29, 0.717) is 42.9 Å². The average Bonchev–Trinajstić information content (AvgIpc) is 2.97. The SMILES string of the molecule is COc1ccc(/C=C2\SC(=O)N(CC(=O)NCCCCCC(=O)O)C2=O)cc1OC. The summed E-state index contributed by atoms with van der Waals surface area (Å²) in [5.41, 5.74) is 0.656. The molecule has 0 unspecified atom stereocenters. The number of hydrogen-bond donors (Lipinski definition) is 2. The van der Waals surface area contributed by atoms with E-state index in [1.165, 1.54) is 14.2 Å². The van der Waals surface area contributed by atoms with E-state index in [1.807, 2.05) is 0 Å². The Balaban J connectivity index is 1.90. The van der Waals surface area contributed by atoms with Gasteiger partial charge in [-0.15, -0.1) is 0 Å². The van der Waals surface area contributed by atoms with Crippen LogP contribution in [0.15, 0.2) is 23.1 Å². The van der Waals surface area contributed by atoms with Crippen molar-refractivity contribution in [3.05, 3.63) is 28.7 Å². The second-order valence-corrected chi connectivity index (χ2v) is 7.43. The first-order valence-corrected chi connectivity index (χ1v) is 10.1. The number of methoxy groups -OCH3 is 2. The maximum atomic E-state index is 12.5. The second kappa shape index (κ2) is 11.2. The lowest BCUT2D eigenvalue weighted by atomic mass is 10.2. The lowest BCUT2D eigenvalue weighted by Crippen LogP contribution is -2.39. The minimum Gasteiger partial charge on any atom is -0.493 e. The van der Waals surface area contributed by atoms with E-state index in [4.69, 9.17) is 14.6 Å². The molecule has 1 heterocycles. The van der Waals surface area contributed by atoms with Gasteiger partial charge in [-0.25, -0.2) is 0 Å². The highest BCUT2D eigenvalue weighted by Gasteiger charge is 2.36. The molecule has 1 fully saturated rings. The first kappa shape index (κ1) is 23.3. The van der Waals surface area contributed by atoms with E-state index in [9.17, 15) is 19.2 Å². The van der Waals surface area contributed by atoms with Gasteiger partial charge in [-0.2, -0.15) is 0 Å². The predicted octanol–water partition coefficient (Wildman–Crippen LogP) is 2.50. The number of amides is 3. The molecule has 162 valence electrons. The van der Waals surface area contributed by atoms with Crippen LogP contribution in [0.1, 0.15) is 31.2 Å². The standard InChI is InChI=1S/C20H24N2O7S/c1-28-14-8-7-13(10-15(14)29-2)11-16-19(26)22(20(27)30-16)12-17(23)21-9-5-3-4-6-18(24)25/h7-8,10-11H,3-6,9,12H2,1-2H3,(H,21,23)(H,24,25)/b16-11-. The number of carboxylic acid groups (broad SMARTS) is 1. The van der Waals surface area contributed by atoms with Crippen molar-refractivity contribution < 1.29 is 33.8 Å². The van der Waals surface area contributed by atoms with Crippen molar-refractivity contribution in [3.8, 4) is 11.5 Å². The molecule has 0 bridgehead atoms. The Morgan fingerprint density at radius 2 is 1.87 bits per heavy atom. The highest BCUT2D eigenvalue weighted by molar-refractivity contribution is 8.18. The van der Waals surface area contributed by atoms with Crippen LogP contribution in [0, 0.1) is 0 Å². The molecule has 0 radical (unpaired) electrons. The fourth-order valence-corrected chi connectivity index (χ4v) is 3.57. The van der Waals surface area contributed by atoms with Gasteiger partial charge in [-0.1, -0.05) is 12.5 Å². The molecule has 9 nitrogen and oxygen atoms in total. The van der Waals surface area contributed by atoms with Crippen molar-refractivity contribution in [2.75, 3.05) is 27.3 Å². The molecule has 0 saturated carbocycles. The minimum atomic E-state index is -0.848. The summed E-state index contributed by atoms with van der Waals surface area (Å²) in [6, 6.07) is 5.11. The Hall–Kier alpha value is -3.01. The van der Waals surface area contributed by atoms with E-state index in [2.05, 4.69) is 5.32 Å². The van der Waals surface area contributed by atoms with Crippen molar-refractivity contribution in [1.29, 1.82) is 0 Å². The summed E-state index contributed by atoms with van der Waals surface area (Å²) in [5, 5.41) is 10.7. The Bertz CT molecular complexity index is 854. The highest BCUT2D eigenvalue weighted by atomic mass is 32.2. The summed E-state index contributed by atoms with van der Waals surface area (Å²) in [6.07, 6.45) is 3.49. The summed E-state index contributed by atoms with van der Waals surface area (Å²) in [7, 11) is 3.02. The lowest BCUT2D eigenvalue weighted by molar-refractivity contribution is -0.137. The molecular formula is C20H24N2O7S. The zero-order valence-electron chi connectivity index (χ0n) is 16.8. The summed E-state index contributed by atoms with van der Waals surface area (Å²) < 4.78 is 10.4. The molecule has 0 aromatic heterocycles. The van der Waals surface area contributed by atoms with Crippen LogP contribution in [0.4, 0.5) is 4.79 Å². The molecule has 2 N–H and O–H groups in total. The number of nitrogens with zero attached hydrogens (tertiary/aromatic N) is 1. The number of thioether (sulfide) groups is 1. The van der Waals surface area contributed by atoms with E-state index < -0.39 is 23.0 Å². The van der Waals surface area contributed by atoms with Gasteiger partial charge < -0.3 is 19.9 Å². The maximum absolute atomic E-state index is 12.5. The van der Waals surface area contributed by atoms with Crippen molar-refractivity contribution in [1.82, 2.24) is 10.2 Å². The van der Waals surface area contributed by atoms with E-state index in [-0.39, 0.29) is 17.9 Å². The van der Waals surface area contributed by atoms with Crippen molar-refractivity contribution in [3.63, 3.8) is 0 Å². The van der Waals surface area contributed by atoms with Gasteiger partial charge in [0.15, 0.2) is 11.5 Å². The molecule has 1 aromatic rings. The minimum absolute atomic E-state index is 0.0944. The quantitative estimate of drug-likeness (QED) is 0.401. The molecule has 1 aromatic carbocycles. The van der Waals surface area contributed by atoms with Crippen LogP contribution in [0.5, 0.6) is 11.5 Å². The number of imide groups is 1. The number of carbonyl (C=O) groups is 4. The molecule has 0 atom stereocenters. The van der Waals surface area contributed by atoms with Crippen LogP contribution in [0.25, 0.3) is 6.08 Å². The third-order valence-corrected chi connectivity index (χ3v) is 5.18. The Morgan fingerprint density at radius 3 is 2.53 bits per heavy atom. The molecule has 30 heavy (non-hydrogen) atoms. The second-order valence-electron chi connectivity index (χ2n) is 6.44. The lowest BCUT2D eigenvalue weighted by Gasteiger charge is -2.12. The number of ether oxygens (including phenoxy) is 2. The number of nitrogens with one attached hydrogen (secondary N) is 1. The Morgan fingerprint density at radius 1 is 1.13 bits per heavy atom. The molecule has 2 rings (SSSR count). The molecule has 1 aliphatic rings. The fourth-order valence-electron chi connectivity index (χ4n) is 2.74. The highest BCUT2D eigenvalue weighted by Crippen LogP contribution is 2.34. The molecule has 1 saturated heterocycles. The monoisotopic (exact) mass is 436 g/mol. The number of carboxylic acids is 1. The maximum Gasteiger partial charge on any atom is 0.303 e. The molecule has 10 heteroatoms. The first-order chi connectivity index (χ1) is 14.3. The molecule has 0 aliphatic carbocycles. The van der Waals surface area contributed by atoms with Gasteiger partial charge in [0.05, 0.1) is 19.1 Å². The molecule has 1 aliphatic heterocycles. The molecule has 3 amide bonds. The Labute approximate surface area is 178 Å². The van der Waals surface area contributed by atoms with E-state index in [1.54, 1.807) is 24.3 Å². The zero-order valence-corrected chi connectivity index (χ0v) is 17.6. The number of unbranched alkanes of at least 4 members (excludes halogenated alkanes) is 2. The number of aliphatic carboxylic acids is 1. The van der Waals surface area contributed by atoms with Gasteiger partial charge >= 0.3 is 5.97 Å². The number of carbonyl (C=O) groups excluding carboxylic acids is 3. The van der Waals surface area contributed by atoms with Crippen molar-refractivity contribution >= 4 is 40.9 Å². The summed E-state index contributed by atoms with van der Waals surface area (Å²) in [5.74, 6) is -0.783. The van der Waals surface area contributed by atoms with Crippen LogP contribution < -0.4 is 14.8 Å². The van der Waals surface area contributed by atoms with Gasteiger partial charge in [-0.05, 0) is 48.4 Å². The smallest absolute Gasteiger partial charge is 0.303 e. The van der Waals surface area contributed by atoms with Crippen LogP contribution in [-0.4, -0.2) is 60.3 Å². The van der Waals surface area contributed by atoms with Gasteiger partial charge in [0.2, 0.25) is 5.91 Å². The Kier molecular flexibility index (Phi) is 8.72. The summed E-state index contributed by atoms with van der Waals surface area (Å²) >= 11 is 0.771. The third-order valence-electron chi connectivity index (χ3n) is 4.27. The number of benzene rings is 1. The topological polar surface area (TPSA) is 122 Å². The number of rotatable bonds is 11.